The van der Waals surface area contributed by atoms with Crippen molar-refractivity contribution >= 4 is 32.9 Å². The van der Waals surface area contributed by atoms with Crippen LogP contribution in [0.25, 0.3) is 10.8 Å². The quantitative estimate of drug-likeness (QED) is 0.823. The number of fused-ring (bicyclic) bond motifs is 1. The van der Waals surface area contributed by atoms with Gasteiger partial charge in [0.2, 0.25) is 0 Å². The highest BCUT2D eigenvalue weighted by Crippen LogP contribution is 2.27. The Morgan fingerprint density at radius 3 is 2.89 bits per heavy atom. The fraction of sp³-hybridized carbons (Fsp3) is 0.357. The molecule has 2 atom stereocenters. The number of rotatable bonds is 5. The summed E-state index contributed by atoms with van der Waals surface area (Å²) in [6, 6.07) is 5.78. The molecule has 0 aliphatic carbocycles. The Labute approximate surface area is 115 Å². The Morgan fingerprint density at radius 2 is 2.16 bits per heavy atom. The van der Waals surface area contributed by atoms with Crippen molar-refractivity contribution in [3.63, 3.8) is 0 Å². The Balaban J connectivity index is 2.13. The number of pyridine rings is 1. The molecule has 2 unspecified atom stereocenters. The molecule has 0 bridgehead atoms. The Bertz CT molecular complexity index is 600. The van der Waals surface area contributed by atoms with Crippen molar-refractivity contribution in [2.75, 3.05) is 23.9 Å². The zero-order valence-electron chi connectivity index (χ0n) is 11.2. The Morgan fingerprint density at radius 1 is 1.37 bits per heavy atom. The average molecular weight is 277 g/mol. The number of anilines is 2. The molecule has 0 saturated carbocycles. The second kappa shape index (κ2) is 6.02. The Hall–Kier alpha value is -1.62. The van der Waals surface area contributed by atoms with Crippen molar-refractivity contribution in [1.82, 2.24) is 4.98 Å². The molecule has 2 aromatic rings. The molecule has 0 aliphatic heterocycles. The van der Waals surface area contributed by atoms with Crippen LogP contribution in [0.15, 0.2) is 30.6 Å². The lowest BCUT2D eigenvalue weighted by Gasteiger charge is -2.13. The topological polar surface area (TPSA) is 68.0 Å². The second-order valence-corrected chi connectivity index (χ2v) is 6.45. The predicted octanol–water partition coefficient (Wildman–Crippen LogP) is 2.39. The number of nitrogen functional groups attached to an aromatic ring is 1. The van der Waals surface area contributed by atoms with E-state index in [1.807, 2.05) is 31.3 Å². The number of hydrogen-bond donors (Lipinski definition) is 2. The molecule has 0 fully saturated rings. The zero-order valence-corrected chi connectivity index (χ0v) is 12.0. The van der Waals surface area contributed by atoms with Gasteiger partial charge in [-0.3, -0.25) is 9.19 Å². The van der Waals surface area contributed by atoms with Crippen LogP contribution in [-0.2, 0) is 10.8 Å². The summed E-state index contributed by atoms with van der Waals surface area (Å²) < 4.78 is 11.3. The van der Waals surface area contributed by atoms with Gasteiger partial charge in [-0.2, -0.15) is 0 Å². The van der Waals surface area contributed by atoms with Gasteiger partial charge in [0, 0.05) is 63.4 Å². The molecule has 0 spiro atoms. The minimum atomic E-state index is -0.771. The molecule has 5 heteroatoms. The van der Waals surface area contributed by atoms with E-state index in [0.29, 0.717) is 0 Å². The molecule has 0 saturated heterocycles. The summed E-state index contributed by atoms with van der Waals surface area (Å²) >= 11 is 0. The Kier molecular flexibility index (Phi) is 4.37. The molecule has 3 N–H and O–H groups in total. The number of hydrogen-bond acceptors (Lipinski definition) is 4. The van der Waals surface area contributed by atoms with Gasteiger partial charge < -0.3 is 11.1 Å². The molecular weight excluding hydrogens is 258 g/mol. The van der Waals surface area contributed by atoms with Gasteiger partial charge in [0.25, 0.3) is 0 Å². The van der Waals surface area contributed by atoms with Gasteiger partial charge in [0.1, 0.15) is 0 Å². The van der Waals surface area contributed by atoms with Crippen molar-refractivity contribution in [2.45, 2.75) is 18.6 Å². The van der Waals surface area contributed by atoms with Crippen molar-refractivity contribution in [3.8, 4) is 0 Å². The van der Waals surface area contributed by atoms with Crippen LogP contribution in [0.5, 0.6) is 0 Å². The normalized spacial score (nSPS) is 14.2. The van der Waals surface area contributed by atoms with Crippen molar-refractivity contribution < 1.29 is 4.21 Å². The molecule has 1 heterocycles. The number of nitrogens with zero attached hydrogens (tertiary/aromatic N) is 1. The van der Waals surface area contributed by atoms with E-state index in [-0.39, 0.29) is 5.25 Å². The minimum absolute atomic E-state index is 0.200. The summed E-state index contributed by atoms with van der Waals surface area (Å²) in [5.41, 5.74) is 7.72. The maximum absolute atomic E-state index is 11.3. The van der Waals surface area contributed by atoms with E-state index in [9.17, 15) is 4.21 Å². The van der Waals surface area contributed by atoms with E-state index < -0.39 is 10.8 Å². The monoisotopic (exact) mass is 277 g/mol. The average Bonchev–Trinajstić information content (AvgIpc) is 2.41. The van der Waals surface area contributed by atoms with Crippen LogP contribution in [0.3, 0.4) is 0 Å². The standard InChI is InChI=1S/C14H19N3OS/c1-10(19(2)18)5-8-17-14-4-3-13(15)11-6-7-16-9-12(11)14/h3-4,6-7,9-10,17H,5,8,15H2,1-2H3. The molecule has 19 heavy (non-hydrogen) atoms. The summed E-state index contributed by atoms with van der Waals surface area (Å²) in [5.74, 6) is 0. The summed E-state index contributed by atoms with van der Waals surface area (Å²) in [7, 11) is -0.771. The summed E-state index contributed by atoms with van der Waals surface area (Å²) in [6.45, 7) is 2.79. The first-order chi connectivity index (χ1) is 9.09. The van der Waals surface area contributed by atoms with E-state index in [0.717, 1.165) is 35.1 Å². The third kappa shape index (κ3) is 3.23. The third-order valence-electron chi connectivity index (χ3n) is 3.28. The lowest BCUT2D eigenvalue weighted by Crippen LogP contribution is -2.15. The van der Waals surface area contributed by atoms with Gasteiger partial charge in [-0.15, -0.1) is 0 Å². The van der Waals surface area contributed by atoms with Crippen LogP contribution in [0.1, 0.15) is 13.3 Å². The zero-order chi connectivity index (χ0) is 13.8. The molecule has 4 nitrogen and oxygen atoms in total. The summed E-state index contributed by atoms with van der Waals surface area (Å²) in [5, 5.41) is 5.60. The van der Waals surface area contributed by atoms with E-state index in [1.54, 1.807) is 12.5 Å². The van der Waals surface area contributed by atoms with Gasteiger partial charge in [-0.05, 0) is 24.6 Å². The van der Waals surface area contributed by atoms with Gasteiger partial charge in [-0.25, -0.2) is 0 Å². The van der Waals surface area contributed by atoms with E-state index in [1.165, 1.54) is 0 Å². The first-order valence-corrected chi connectivity index (χ1v) is 7.90. The second-order valence-electron chi connectivity index (χ2n) is 4.65. The molecule has 0 radical (unpaired) electrons. The maximum atomic E-state index is 11.3. The van der Waals surface area contributed by atoms with Gasteiger partial charge in [-0.1, -0.05) is 6.92 Å². The van der Waals surface area contributed by atoms with E-state index in [2.05, 4.69) is 10.3 Å². The lowest BCUT2D eigenvalue weighted by molar-refractivity contribution is 0.672. The molecular formula is C14H19N3OS. The van der Waals surface area contributed by atoms with Crippen LogP contribution >= 0.6 is 0 Å². The largest absolute Gasteiger partial charge is 0.398 e. The van der Waals surface area contributed by atoms with E-state index >= 15 is 0 Å². The fourth-order valence-corrected chi connectivity index (χ4v) is 2.39. The molecule has 102 valence electrons. The van der Waals surface area contributed by atoms with Gasteiger partial charge in [0.05, 0.1) is 0 Å². The highest BCUT2D eigenvalue weighted by atomic mass is 32.2. The highest BCUT2D eigenvalue weighted by molar-refractivity contribution is 7.84. The highest BCUT2D eigenvalue weighted by Gasteiger charge is 2.07. The molecule has 0 amide bonds. The maximum Gasteiger partial charge on any atom is 0.0437 e. The molecule has 1 aromatic carbocycles. The predicted molar refractivity (Wildman–Crippen MR) is 82.8 cm³/mol. The molecule has 2 rings (SSSR count). The van der Waals surface area contributed by atoms with Crippen LogP contribution in [-0.4, -0.2) is 27.2 Å². The van der Waals surface area contributed by atoms with Crippen molar-refractivity contribution in [1.29, 1.82) is 0 Å². The van der Waals surface area contributed by atoms with Crippen molar-refractivity contribution in [3.05, 3.63) is 30.6 Å². The van der Waals surface area contributed by atoms with Crippen LogP contribution in [0.2, 0.25) is 0 Å². The lowest BCUT2D eigenvalue weighted by atomic mass is 10.1. The smallest absolute Gasteiger partial charge is 0.0437 e. The van der Waals surface area contributed by atoms with Crippen molar-refractivity contribution in [2.24, 2.45) is 0 Å². The van der Waals surface area contributed by atoms with E-state index in [4.69, 9.17) is 5.73 Å². The SMILES string of the molecule is CC(CCNc1ccc(N)c2ccncc12)S(C)=O. The number of nitrogens with two attached hydrogens (primary N) is 1. The number of benzene rings is 1. The van der Waals surface area contributed by atoms with Crippen LogP contribution in [0, 0.1) is 0 Å². The minimum Gasteiger partial charge on any atom is -0.398 e. The first kappa shape index (κ1) is 13.8. The van der Waals surface area contributed by atoms with Crippen LogP contribution < -0.4 is 11.1 Å². The van der Waals surface area contributed by atoms with Gasteiger partial charge >= 0.3 is 0 Å². The summed E-state index contributed by atoms with van der Waals surface area (Å²) in [6.07, 6.45) is 6.17. The molecule has 0 aliphatic rings. The fourth-order valence-electron chi connectivity index (χ4n) is 1.94. The summed E-state index contributed by atoms with van der Waals surface area (Å²) in [4.78, 5) is 4.14. The third-order valence-corrected chi connectivity index (χ3v) is 4.65. The number of aromatic nitrogens is 1. The number of nitrogens with one attached hydrogen (secondary N) is 1. The first-order valence-electron chi connectivity index (χ1n) is 6.28. The molecule has 1 aromatic heterocycles. The van der Waals surface area contributed by atoms with Gasteiger partial charge in [0.15, 0.2) is 0 Å². The van der Waals surface area contributed by atoms with Crippen LogP contribution in [0.4, 0.5) is 11.4 Å².